The lowest BCUT2D eigenvalue weighted by atomic mass is 9.55. The lowest BCUT2D eigenvalue weighted by molar-refractivity contribution is 0.299. The number of thiophene rings is 1. The molecule has 8 aromatic rings. The fourth-order valence-corrected chi connectivity index (χ4v) is 8.97. The summed E-state index contributed by atoms with van der Waals surface area (Å²) in [6.45, 7) is 9.65. The van der Waals surface area contributed by atoms with Crippen LogP contribution in [0.15, 0.2) is 140 Å². The normalized spacial score (nSPS) is 14.9. The van der Waals surface area contributed by atoms with Crippen molar-refractivity contribution in [2.75, 3.05) is 4.90 Å². The molecule has 0 atom stereocenters. The third-order valence-corrected chi connectivity index (χ3v) is 12.1. The Hall–Kier alpha value is -4.92. The minimum Gasteiger partial charge on any atom is -0.310 e. The van der Waals surface area contributed by atoms with E-state index in [-0.39, 0.29) is 10.8 Å². The third kappa shape index (κ3) is 3.80. The minimum absolute atomic E-state index is 0.00703. The van der Waals surface area contributed by atoms with Gasteiger partial charge in [0.2, 0.25) is 0 Å². The number of fused-ring (bicyclic) bond motifs is 10. The minimum atomic E-state index is -0.0262. The van der Waals surface area contributed by atoms with E-state index in [2.05, 4.69) is 172 Å². The topological polar surface area (TPSA) is 3.24 Å². The summed E-state index contributed by atoms with van der Waals surface area (Å²) in [5.41, 5.74) is 9.08. The van der Waals surface area contributed by atoms with E-state index in [0.717, 1.165) is 17.1 Å². The molecule has 0 radical (unpaired) electrons. The van der Waals surface area contributed by atoms with Crippen LogP contribution in [0.2, 0.25) is 0 Å². The Morgan fingerprint density at radius 1 is 0.457 bits per heavy atom. The summed E-state index contributed by atoms with van der Waals surface area (Å²) in [4.78, 5) is 2.40. The largest absolute Gasteiger partial charge is 0.310 e. The average Bonchev–Trinajstić information content (AvgIpc) is 3.45. The van der Waals surface area contributed by atoms with Crippen molar-refractivity contribution in [2.24, 2.45) is 0 Å². The van der Waals surface area contributed by atoms with Crippen LogP contribution in [0.5, 0.6) is 0 Å². The molecule has 0 spiro atoms. The zero-order valence-electron chi connectivity index (χ0n) is 26.6. The van der Waals surface area contributed by atoms with Crippen molar-refractivity contribution < 1.29 is 0 Å². The van der Waals surface area contributed by atoms with Crippen molar-refractivity contribution in [2.45, 2.75) is 38.5 Å². The zero-order valence-corrected chi connectivity index (χ0v) is 27.5. The van der Waals surface area contributed by atoms with Crippen molar-refractivity contribution in [1.82, 2.24) is 0 Å². The Morgan fingerprint density at radius 2 is 1.11 bits per heavy atom. The molecule has 1 aromatic heterocycles. The Labute approximate surface area is 274 Å². The van der Waals surface area contributed by atoms with Crippen molar-refractivity contribution in [1.29, 1.82) is 0 Å². The molecule has 1 aliphatic rings. The summed E-state index contributed by atoms with van der Waals surface area (Å²) in [6, 6.07) is 51.9. The molecule has 0 saturated heterocycles. The van der Waals surface area contributed by atoms with E-state index in [1.165, 1.54) is 64.0 Å². The number of hydrogen-bond acceptors (Lipinski definition) is 2. The first-order valence-corrected chi connectivity index (χ1v) is 17.0. The monoisotopic (exact) mass is 609 g/mol. The van der Waals surface area contributed by atoms with Crippen LogP contribution in [0.25, 0.3) is 52.8 Å². The Bertz CT molecular complexity index is 2480. The van der Waals surface area contributed by atoms with Crippen LogP contribution in [0.1, 0.15) is 38.8 Å². The van der Waals surface area contributed by atoms with Gasteiger partial charge in [-0.05, 0) is 103 Å². The smallest absolute Gasteiger partial charge is 0.0468 e. The van der Waals surface area contributed by atoms with Crippen molar-refractivity contribution in [3.05, 3.63) is 151 Å². The molecule has 1 aliphatic carbocycles. The number of para-hydroxylation sites is 1. The van der Waals surface area contributed by atoms with Gasteiger partial charge in [-0.25, -0.2) is 0 Å². The second-order valence-electron chi connectivity index (χ2n) is 13.8. The molecule has 2 heteroatoms. The van der Waals surface area contributed by atoms with Gasteiger partial charge < -0.3 is 4.90 Å². The van der Waals surface area contributed by atoms with Crippen LogP contribution in [-0.2, 0) is 10.8 Å². The summed E-state index contributed by atoms with van der Waals surface area (Å²) in [5.74, 6) is 0. The number of rotatable bonds is 3. The Morgan fingerprint density at radius 3 is 1.98 bits per heavy atom. The third-order valence-electron chi connectivity index (χ3n) is 11.0. The van der Waals surface area contributed by atoms with Crippen LogP contribution in [0.3, 0.4) is 0 Å². The molecule has 7 aromatic carbocycles. The van der Waals surface area contributed by atoms with Crippen LogP contribution in [0.4, 0.5) is 17.1 Å². The summed E-state index contributed by atoms with van der Waals surface area (Å²) in [6.07, 6.45) is 0. The number of hydrogen-bond donors (Lipinski definition) is 0. The van der Waals surface area contributed by atoms with Crippen LogP contribution in [-0.4, -0.2) is 0 Å². The first-order valence-electron chi connectivity index (χ1n) is 16.2. The summed E-state index contributed by atoms with van der Waals surface area (Å²) in [7, 11) is 0. The highest BCUT2D eigenvalue weighted by Crippen LogP contribution is 2.56. The maximum atomic E-state index is 2.42. The molecular weight excluding hydrogens is 575 g/mol. The number of anilines is 3. The van der Waals surface area contributed by atoms with E-state index >= 15 is 0 Å². The molecule has 0 amide bonds. The first-order chi connectivity index (χ1) is 22.3. The lowest BCUT2D eigenvalue weighted by Gasteiger charge is -2.48. The van der Waals surface area contributed by atoms with E-state index in [4.69, 9.17) is 0 Å². The molecule has 46 heavy (non-hydrogen) atoms. The molecule has 1 nitrogen and oxygen atoms in total. The SMILES string of the molecule is CC1(C)c2ccccc2-c2c(ccc3ccc4cc(N(c5ccccc5)c5ccc6sc7ccccc7c6c5)ccc4c23)C1(C)C. The first kappa shape index (κ1) is 27.4. The van der Waals surface area contributed by atoms with Crippen LogP contribution in [0, 0.1) is 0 Å². The molecule has 0 bridgehead atoms. The van der Waals surface area contributed by atoms with Gasteiger partial charge in [-0.2, -0.15) is 0 Å². The molecule has 222 valence electrons. The van der Waals surface area contributed by atoms with Gasteiger partial charge in [-0.15, -0.1) is 11.3 Å². The highest BCUT2D eigenvalue weighted by atomic mass is 32.1. The molecular formula is C44H35NS. The van der Waals surface area contributed by atoms with Crippen molar-refractivity contribution in [3.8, 4) is 11.1 Å². The quantitative estimate of drug-likeness (QED) is 0.180. The summed E-state index contributed by atoms with van der Waals surface area (Å²) in [5, 5.41) is 7.83. The maximum Gasteiger partial charge on any atom is 0.0468 e. The second-order valence-corrected chi connectivity index (χ2v) is 14.9. The van der Waals surface area contributed by atoms with Crippen molar-refractivity contribution >= 4 is 70.1 Å². The van der Waals surface area contributed by atoms with E-state index < -0.39 is 0 Å². The molecule has 0 aliphatic heterocycles. The molecule has 0 fully saturated rings. The lowest BCUT2D eigenvalue weighted by Crippen LogP contribution is -2.43. The standard InChI is InChI=1S/C44H35NS/c1-43(2)37-16-10-8-15-35(37)42-38(44(43,3)4)24-20-28-18-19-29-26-31(21-23-33(29)41(28)42)45(30-12-6-5-7-13-30)32-22-25-40-36(27-32)34-14-9-11-17-39(34)46-40/h5-27H,1-4H3. The summed E-state index contributed by atoms with van der Waals surface area (Å²) >= 11 is 1.86. The van der Waals surface area contributed by atoms with Gasteiger partial charge in [0.1, 0.15) is 0 Å². The van der Waals surface area contributed by atoms with Crippen LogP contribution >= 0.6 is 11.3 Å². The van der Waals surface area contributed by atoms with Crippen molar-refractivity contribution in [3.63, 3.8) is 0 Å². The van der Waals surface area contributed by atoms with Crippen LogP contribution < -0.4 is 4.90 Å². The molecule has 0 saturated carbocycles. The zero-order chi connectivity index (χ0) is 31.2. The van der Waals surface area contributed by atoms with Gasteiger partial charge in [0.05, 0.1) is 0 Å². The predicted octanol–water partition coefficient (Wildman–Crippen LogP) is 13.1. The fraction of sp³-hybridized carbons (Fsp3) is 0.136. The molecule has 0 unspecified atom stereocenters. The molecule has 9 rings (SSSR count). The highest BCUT2D eigenvalue weighted by molar-refractivity contribution is 7.25. The Balaban J connectivity index is 1.28. The van der Waals surface area contributed by atoms with Gasteiger partial charge >= 0.3 is 0 Å². The average molecular weight is 610 g/mol. The number of benzene rings is 7. The van der Waals surface area contributed by atoms with Gasteiger partial charge in [0.25, 0.3) is 0 Å². The summed E-state index contributed by atoms with van der Waals surface area (Å²) < 4.78 is 2.65. The second kappa shape index (κ2) is 9.79. The van der Waals surface area contributed by atoms with Gasteiger partial charge in [-0.3, -0.25) is 0 Å². The molecule has 1 heterocycles. The van der Waals surface area contributed by atoms with E-state index in [0.29, 0.717) is 0 Å². The van der Waals surface area contributed by atoms with Gasteiger partial charge in [0.15, 0.2) is 0 Å². The molecule has 0 N–H and O–H groups in total. The Kier molecular flexibility index (Phi) is 5.83. The maximum absolute atomic E-state index is 2.42. The highest BCUT2D eigenvalue weighted by Gasteiger charge is 2.46. The van der Waals surface area contributed by atoms with E-state index in [1.807, 2.05) is 11.3 Å². The predicted molar refractivity (Wildman–Crippen MR) is 201 cm³/mol. The fourth-order valence-electron chi connectivity index (χ4n) is 7.88. The number of nitrogens with zero attached hydrogens (tertiary/aromatic N) is 1. The van der Waals surface area contributed by atoms with Gasteiger partial charge in [-0.1, -0.05) is 119 Å². The van der Waals surface area contributed by atoms with Gasteiger partial charge in [0, 0.05) is 37.2 Å². The van der Waals surface area contributed by atoms with E-state index in [9.17, 15) is 0 Å². The van der Waals surface area contributed by atoms with E-state index in [1.54, 1.807) is 0 Å².